The minimum Gasteiger partial charge on any atom is -0.478 e. The van der Waals surface area contributed by atoms with Gasteiger partial charge in [0.15, 0.2) is 5.82 Å². The zero-order valence-corrected chi connectivity index (χ0v) is 9.60. The third-order valence-electron chi connectivity index (χ3n) is 2.66. The average molecular weight is 223 g/mol. The molecule has 5 heteroatoms. The van der Waals surface area contributed by atoms with Gasteiger partial charge in [-0.3, -0.25) is 0 Å². The van der Waals surface area contributed by atoms with Gasteiger partial charge < -0.3 is 10.4 Å². The molecule has 0 spiro atoms. The number of anilines is 1. The standard InChI is InChI=1S/C11H17N3O2/c1-3-8(4-2)7-12-10-9(11(15)16)5-6-13-14-10/h5-6,8H,3-4,7H2,1-2H3,(H,12,14)(H,15,16). The Kier molecular flexibility index (Phi) is 4.69. The number of carboxylic acid groups (broad SMARTS) is 1. The monoisotopic (exact) mass is 223 g/mol. The lowest BCUT2D eigenvalue weighted by Crippen LogP contribution is -2.16. The van der Waals surface area contributed by atoms with Crippen LogP contribution in [0.5, 0.6) is 0 Å². The fourth-order valence-electron chi connectivity index (χ4n) is 1.45. The van der Waals surface area contributed by atoms with Gasteiger partial charge in [0, 0.05) is 6.54 Å². The Hall–Kier alpha value is -1.65. The Morgan fingerprint density at radius 2 is 2.19 bits per heavy atom. The first-order valence-corrected chi connectivity index (χ1v) is 5.47. The lowest BCUT2D eigenvalue weighted by Gasteiger charge is -2.14. The number of carbonyl (C=O) groups is 1. The molecule has 88 valence electrons. The summed E-state index contributed by atoms with van der Waals surface area (Å²) in [6, 6.07) is 1.45. The van der Waals surface area contributed by atoms with Crippen LogP contribution in [0.2, 0.25) is 0 Å². The van der Waals surface area contributed by atoms with Crippen molar-refractivity contribution in [3.8, 4) is 0 Å². The average Bonchev–Trinajstić information content (AvgIpc) is 2.30. The molecule has 5 nitrogen and oxygen atoms in total. The number of aromatic nitrogens is 2. The van der Waals surface area contributed by atoms with Crippen molar-refractivity contribution in [1.29, 1.82) is 0 Å². The maximum atomic E-state index is 10.9. The third-order valence-corrected chi connectivity index (χ3v) is 2.66. The molecule has 16 heavy (non-hydrogen) atoms. The van der Waals surface area contributed by atoms with Crippen LogP contribution in [0, 0.1) is 5.92 Å². The first-order chi connectivity index (χ1) is 7.69. The van der Waals surface area contributed by atoms with Crippen LogP contribution >= 0.6 is 0 Å². The first kappa shape index (κ1) is 12.4. The van der Waals surface area contributed by atoms with E-state index in [4.69, 9.17) is 5.11 Å². The predicted octanol–water partition coefficient (Wildman–Crippen LogP) is 2.02. The fourth-order valence-corrected chi connectivity index (χ4v) is 1.45. The smallest absolute Gasteiger partial charge is 0.339 e. The van der Waals surface area contributed by atoms with Crippen LogP contribution in [0.4, 0.5) is 5.82 Å². The predicted molar refractivity (Wildman–Crippen MR) is 61.6 cm³/mol. The van der Waals surface area contributed by atoms with E-state index in [1.54, 1.807) is 0 Å². The summed E-state index contributed by atoms with van der Waals surface area (Å²) in [6.07, 6.45) is 3.50. The van der Waals surface area contributed by atoms with Crippen LogP contribution < -0.4 is 5.32 Å². The van der Waals surface area contributed by atoms with Crippen molar-refractivity contribution in [2.24, 2.45) is 5.92 Å². The minimum atomic E-state index is -0.984. The molecule has 0 aliphatic carbocycles. The van der Waals surface area contributed by atoms with Gasteiger partial charge in [0.05, 0.1) is 6.20 Å². The second kappa shape index (κ2) is 6.05. The lowest BCUT2D eigenvalue weighted by atomic mass is 10.0. The molecular formula is C11H17N3O2. The Morgan fingerprint density at radius 1 is 1.50 bits per heavy atom. The van der Waals surface area contributed by atoms with Gasteiger partial charge >= 0.3 is 5.97 Å². The van der Waals surface area contributed by atoms with Crippen molar-refractivity contribution in [2.75, 3.05) is 11.9 Å². The molecule has 0 radical (unpaired) electrons. The van der Waals surface area contributed by atoms with Gasteiger partial charge in [0.25, 0.3) is 0 Å². The van der Waals surface area contributed by atoms with E-state index in [1.807, 2.05) is 0 Å². The molecule has 0 atom stereocenters. The molecule has 0 unspecified atom stereocenters. The van der Waals surface area contributed by atoms with Gasteiger partial charge in [-0.05, 0) is 12.0 Å². The summed E-state index contributed by atoms with van der Waals surface area (Å²) >= 11 is 0. The van der Waals surface area contributed by atoms with E-state index in [2.05, 4.69) is 29.4 Å². The number of aromatic carboxylic acids is 1. The van der Waals surface area contributed by atoms with Crippen molar-refractivity contribution in [1.82, 2.24) is 10.2 Å². The summed E-state index contributed by atoms with van der Waals surface area (Å²) in [7, 11) is 0. The molecule has 0 aromatic carbocycles. The molecule has 0 aliphatic heterocycles. The van der Waals surface area contributed by atoms with Crippen LogP contribution in [0.15, 0.2) is 12.3 Å². The van der Waals surface area contributed by atoms with Gasteiger partial charge in [0.1, 0.15) is 5.56 Å². The summed E-state index contributed by atoms with van der Waals surface area (Å²) in [5, 5.41) is 19.5. The second-order valence-corrected chi connectivity index (χ2v) is 3.66. The lowest BCUT2D eigenvalue weighted by molar-refractivity contribution is 0.0697. The van der Waals surface area contributed by atoms with E-state index in [9.17, 15) is 4.79 Å². The highest BCUT2D eigenvalue weighted by Crippen LogP contribution is 2.13. The summed E-state index contributed by atoms with van der Waals surface area (Å²) in [5.74, 6) is -0.104. The van der Waals surface area contributed by atoms with Crippen molar-refractivity contribution < 1.29 is 9.90 Å². The molecule has 1 aromatic rings. The molecule has 0 saturated heterocycles. The Balaban J connectivity index is 2.69. The van der Waals surface area contributed by atoms with Gasteiger partial charge in [-0.25, -0.2) is 4.79 Å². The van der Waals surface area contributed by atoms with Crippen molar-refractivity contribution >= 4 is 11.8 Å². The number of nitrogens with zero attached hydrogens (tertiary/aromatic N) is 2. The molecule has 0 fully saturated rings. The number of carboxylic acids is 1. The van der Waals surface area contributed by atoms with Crippen LogP contribution in [0.1, 0.15) is 37.0 Å². The number of hydrogen-bond donors (Lipinski definition) is 2. The van der Waals surface area contributed by atoms with E-state index in [1.165, 1.54) is 12.3 Å². The van der Waals surface area contributed by atoms with Gasteiger partial charge in [0.2, 0.25) is 0 Å². The van der Waals surface area contributed by atoms with E-state index in [-0.39, 0.29) is 5.56 Å². The maximum Gasteiger partial charge on any atom is 0.339 e. The third kappa shape index (κ3) is 3.18. The Labute approximate surface area is 94.9 Å². The zero-order chi connectivity index (χ0) is 12.0. The molecular weight excluding hydrogens is 206 g/mol. The highest BCUT2D eigenvalue weighted by atomic mass is 16.4. The summed E-state index contributed by atoms with van der Waals surface area (Å²) in [5.41, 5.74) is 0.168. The van der Waals surface area contributed by atoms with E-state index < -0.39 is 5.97 Å². The summed E-state index contributed by atoms with van der Waals surface area (Å²) < 4.78 is 0. The molecule has 1 rings (SSSR count). The van der Waals surface area contributed by atoms with E-state index >= 15 is 0 Å². The van der Waals surface area contributed by atoms with Gasteiger partial charge in [-0.1, -0.05) is 26.7 Å². The van der Waals surface area contributed by atoms with Crippen LogP contribution in [-0.2, 0) is 0 Å². The molecule has 1 heterocycles. The fraction of sp³-hybridized carbons (Fsp3) is 0.545. The SMILES string of the molecule is CCC(CC)CNc1nnccc1C(=O)O. The largest absolute Gasteiger partial charge is 0.478 e. The molecule has 2 N–H and O–H groups in total. The van der Waals surface area contributed by atoms with Crippen molar-refractivity contribution in [3.05, 3.63) is 17.8 Å². The first-order valence-electron chi connectivity index (χ1n) is 5.47. The number of nitrogens with one attached hydrogen (secondary N) is 1. The molecule has 0 saturated carbocycles. The highest BCUT2D eigenvalue weighted by molar-refractivity contribution is 5.92. The molecule has 0 amide bonds. The van der Waals surface area contributed by atoms with E-state index in [0.717, 1.165) is 19.4 Å². The summed E-state index contributed by atoms with van der Waals surface area (Å²) in [4.78, 5) is 10.9. The second-order valence-electron chi connectivity index (χ2n) is 3.66. The van der Waals surface area contributed by atoms with Crippen LogP contribution in [0.25, 0.3) is 0 Å². The highest BCUT2D eigenvalue weighted by Gasteiger charge is 2.12. The van der Waals surface area contributed by atoms with Crippen molar-refractivity contribution in [2.45, 2.75) is 26.7 Å². The molecule has 1 aromatic heterocycles. The van der Waals surface area contributed by atoms with Crippen molar-refractivity contribution in [3.63, 3.8) is 0 Å². The van der Waals surface area contributed by atoms with Crippen LogP contribution in [-0.4, -0.2) is 27.8 Å². The zero-order valence-electron chi connectivity index (χ0n) is 9.60. The normalized spacial score (nSPS) is 10.4. The van der Waals surface area contributed by atoms with Crippen LogP contribution in [0.3, 0.4) is 0 Å². The Morgan fingerprint density at radius 3 is 2.75 bits per heavy atom. The maximum absolute atomic E-state index is 10.9. The molecule has 0 aliphatic rings. The number of rotatable bonds is 6. The Bertz CT molecular complexity index is 351. The quantitative estimate of drug-likeness (QED) is 0.771. The summed E-state index contributed by atoms with van der Waals surface area (Å²) in [6.45, 7) is 4.96. The minimum absolute atomic E-state index is 0.168. The van der Waals surface area contributed by atoms with E-state index in [0.29, 0.717) is 11.7 Å². The van der Waals surface area contributed by atoms with Gasteiger partial charge in [-0.2, -0.15) is 5.10 Å². The molecule has 0 bridgehead atoms. The number of hydrogen-bond acceptors (Lipinski definition) is 4. The topological polar surface area (TPSA) is 75.1 Å². The van der Waals surface area contributed by atoms with Gasteiger partial charge in [-0.15, -0.1) is 5.10 Å².